The number of fused-ring (bicyclic) bond motifs is 1. The largest absolute Gasteiger partial charge is 0.383 e. The molecular weight excluding hydrogens is 410 g/mol. The monoisotopic (exact) mass is 431 g/mol. The van der Waals surface area contributed by atoms with E-state index in [0.29, 0.717) is 36.2 Å². The van der Waals surface area contributed by atoms with Crippen LogP contribution in [0.2, 0.25) is 5.02 Å². The van der Waals surface area contributed by atoms with E-state index in [1.807, 2.05) is 48.5 Å². The summed E-state index contributed by atoms with van der Waals surface area (Å²) in [7, 11) is 0. The van der Waals surface area contributed by atoms with Crippen molar-refractivity contribution in [3.63, 3.8) is 0 Å². The number of aliphatic hydroxyl groups excluding tert-OH is 2. The zero-order chi connectivity index (χ0) is 20.4. The van der Waals surface area contributed by atoms with Gasteiger partial charge in [-0.15, -0.1) is 11.3 Å². The van der Waals surface area contributed by atoms with Gasteiger partial charge in [0, 0.05) is 37.7 Å². The van der Waals surface area contributed by atoms with Crippen LogP contribution in [0.1, 0.15) is 16.7 Å². The van der Waals surface area contributed by atoms with Gasteiger partial charge in [-0.1, -0.05) is 35.9 Å². The van der Waals surface area contributed by atoms with Gasteiger partial charge in [-0.25, -0.2) is 4.98 Å². The number of benzene rings is 2. The number of carbonyl (C=O) groups excluding carboxylic acids is 1. The van der Waals surface area contributed by atoms with Gasteiger partial charge in [0.2, 0.25) is 0 Å². The first-order valence-electron chi connectivity index (χ1n) is 9.48. The van der Waals surface area contributed by atoms with Crippen LogP contribution < -0.4 is 0 Å². The summed E-state index contributed by atoms with van der Waals surface area (Å²) >= 11 is 7.33. The predicted molar refractivity (Wildman–Crippen MR) is 114 cm³/mol. The molecule has 0 saturated carbocycles. The molecule has 8 heteroatoms. The number of hydrogen-bond donors (Lipinski definition) is 2. The number of piperazine rings is 1. The lowest BCUT2D eigenvalue weighted by Crippen LogP contribution is -2.52. The molecule has 1 aromatic heterocycles. The van der Waals surface area contributed by atoms with E-state index in [1.54, 1.807) is 4.90 Å². The topological polar surface area (TPSA) is 76.9 Å². The van der Waals surface area contributed by atoms with Gasteiger partial charge in [-0.05, 0) is 29.8 Å². The molecule has 29 heavy (non-hydrogen) atoms. The van der Waals surface area contributed by atoms with E-state index in [9.17, 15) is 15.0 Å². The Morgan fingerprint density at radius 3 is 2.59 bits per heavy atom. The van der Waals surface area contributed by atoms with Crippen LogP contribution in [0.5, 0.6) is 0 Å². The summed E-state index contributed by atoms with van der Waals surface area (Å²) in [6.07, 6.45) is -2.85. The number of para-hydroxylation sites is 1. The zero-order valence-corrected chi connectivity index (χ0v) is 17.3. The third-order valence-corrected chi connectivity index (χ3v) is 6.44. The molecule has 1 saturated heterocycles. The van der Waals surface area contributed by atoms with Crippen LogP contribution in [0, 0.1) is 0 Å². The van der Waals surface area contributed by atoms with Gasteiger partial charge < -0.3 is 15.1 Å². The maximum absolute atomic E-state index is 12.7. The number of amides is 1. The van der Waals surface area contributed by atoms with E-state index in [1.165, 1.54) is 11.3 Å². The second kappa shape index (κ2) is 8.77. The lowest BCUT2D eigenvalue weighted by atomic mass is 10.1. The van der Waals surface area contributed by atoms with E-state index in [0.717, 1.165) is 22.3 Å². The van der Waals surface area contributed by atoms with Crippen LogP contribution in [0.15, 0.2) is 48.5 Å². The van der Waals surface area contributed by atoms with Crippen molar-refractivity contribution in [3.05, 3.63) is 64.1 Å². The fourth-order valence-electron chi connectivity index (χ4n) is 3.49. The normalized spacial score (nSPS) is 17.4. The summed E-state index contributed by atoms with van der Waals surface area (Å²) in [5.41, 5.74) is 1.88. The highest BCUT2D eigenvalue weighted by Crippen LogP contribution is 2.28. The van der Waals surface area contributed by atoms with Crippen molar-refractivity contribution in [2.45, 2.75) is 18.8 Å². The summed E-state index contributed by atoms with van der Waals surface area (Å²) in [4.78, 5) is 20.9. The fraction of sp³-hybridized carbons (Fsp3) is 0.333. The Morgan fingerprint density at radius 1 is 1.10 bits per heavy atom. The Labute approximate surface area is 178 Å². The Bertz CT molecular complexity index is 971. The highest BCUT2D eigenvalue weighted by Gasteiger charge is 2.33. The highest BCUT2D eigenvalue weighted by atomic mass is 35.5. The van der Waals surface area contributed by atoms with Crippen molar-refractivity contribution in [1.29, 1.82) is 0 Å². The Morgan fingerprint density at radius 2 is 1.86 bits per heavy atom. The van der Waals surface area contributed by atoms with E-state index in [4.69, 9.17) is 11.6 Å². The number of hydrogen-bond acceptors (Lipinski definition) is 6. The molecule has 1 fully saturated rings. The van der Waals surface area contributed by atoms with Crippen LogP contribution in [0.3, 0.4) is 0 Å². The molecule has 152 valence electrons. The minimum atomic E-state index is -1.52. The number of carbonyl (C=O) groups is 1. The van der Waals surface area contributed by atoms with Gasteiger partial charge in [0.05, 0.1) is 10.2 Å². The van der Waals surface area contributed by atoms with Crippen LogP contribution >= 0.6 is 22.9 Å². The number of aliphatic hydroxyl groups is 2. The summed E-state index contributed by atoms with van der Waals surface area (Å²) in [5.74, 6) is -0.459. The summed E-state index contributed by atoms with van der Waals surface area (Å²) in [6, 6.07) is 15.2. The Balaban J connectivity index is 1.34. The zero-order valence-electron chi connectivity index (χ0n) is 15.7. The average Bonchev–Trinajstić information content (AvgIpc) is 3.17. The number of nitrogens with zero attached hydrogens (tertiary/aromatic N) is 3. The molecule has 0 aliphatic carbocycles. The third-order valence-electron chi connectivity index (χ3n) is 5.09. The summed E-state index contributed by atoms with van der Waals surface area (Å²) in [6.45, 7) is 3.16. The summed E-state index contributed by atoms with van der Waals surface area (Å²) < 4.78 is 0.913. The van der Waals surface area contributed by atoms with Gasteiger partial charge in [-0.2, -0.15) is 0 Å². The van der Waals surface area contributed by atoms with Gasteiger partial charge in [0.1, 0.15) is 11.1 Å². The number of rotatable bonds is 5. The molecule has 0 spiro atoms. The number of aromatic nitrogens is 1. The van der Waals surface area contributed by atoms with Gasteiger partial charge in [0.25, 0.3) is 5.91 Å². The van der Waals surface area contributed by atoms with Gasteiger partial charge in [0.15, 0.2) is 6.10 Å². The maximum Gasteiger partial charge on any atom is 0.254 e. The molecule has 1 amide bonds. The van der Waals surface area contributed by atoms with Crippen molar-refractivity contribution < 1.29 is 15.0 Å². The maximum atomic E-state index is 12.7. The van der Waals surface area contributed by atoms with Crippen molar-refractivity contribution in [3.8, 4) is 0 Å². The molecule has 2 heterocycles. The SMILES string of the molecule is O=C(C(O)C(O)c1nc2ccccc2s1)N1CCN(Cc2cccc(Cl)c2)CC1. The van der Waals surface area contributed by atoms with Crippen molar-refractivity contribution in [1.82, 2.24) is 14.8 Å². The second-order valence-corrected chi connectivity index (χ2v) is 8.64. The first kappa shape index (κ1) is 20.3. The quantitative estimate of drug-likeness (QED) is 0.649. The van der Waals surface area contributed by atoms with Gasteiger partial charge >= 0.3 is 0 Å². The molecular formula is C21H22ClN3O3S. The van der Waals surface area contributed by atoms with Gasteiger partial charge in [-0.3, -0.25) is 9.69 Å². The van der Waals surface area contributed by atoms with E-state index in [-0.39, 0.29) is 0 Å². The fourth-order valence-corrected chi connectivity index (χ4v) is 4.69. The molecule has 4 rings (SSSR count). The van der Waals surface area contributed by atoms with Crippen molar-refractivity contribution in [2.75, 3.05) is 26.2 Å². The standard InChI is InChI=1S/C21H22ClN3O3S/c22-15-5-3-4-14(12-15)13-24-8-10-25(11-9-24)21(28)19(27)18(26)20-23-16-6-1-2-7-17(16)29-20/h1-7,12,18-19,26-27H,8-11,13H2. The van der Waals surface area contributed by atoms with Crippen molar-refractivity contribution >= 4 is 39.1 Å². The summed E-state index contributed by atoms with van der Waals surface area (Å²) in [5, 5.41) is 22.0. The lowest BCUT2D eigenvalue weighted by Gasteiger charge is -2.36. The molecule has 2 unspecified atom stereocenters. The Kier molecular flexibility index (Phi) is 6.12. The van der Waals surface area contributed by atoms with E-state index >= 15 is 0 Å². The first-order chi connectivity index (χ1) is 14.0. The smallest absolute Gasteiger partial charge is 0.254 e. The molecule has 6 nitrogen and oxygen atoms in total. The molecule has 0 bridgehead atoms. The number of thiazole rings is 1. The van der Waals surface area contributed by atoms with Crippen LogP contribution in [-0.2, 0) is 11.3 Å². The predicted octanol–water partition coefficient (Wildman–Crippen LogP) is 2.69. The molecule has 2 aromatic carbocycles. The van der Waals surface area contributed by atoms with E-state index in [2.05, 4.69) is 9.88 Å². The van der Waals surface area contributed by atoms with Crippen LogP contribution in [0.4, 0.5) is 0 Å². The van der Waals surface area contributed by atoms with Crippen LogP contribution in [-0.4, -0.2) is 63.2 Å². The molecule has 3 aromatic rings. The number of halogens is 1. The highest BCUT2D eigenvalue weighted by molar-refractivity contribution is 7.18. The molecule has 2 atom stereocenters. The molecule has 2 N–H and O–H groups in total. The molecule has 1 aliphatic heterocycles. The second-order valence-electron chi connectivity index (χ2n) is 7.14. The average molecular weight is 432 g/mol. The third kappa shape index (κ3) is 4.60. The van der Waals surface area contributed by atoms with Crippen molar-refractivity contribution in [2.24, 2.45) is 0 Å². The molecule has 0 radical (unpaired) electrons. The lowest BCUT2D eigenvalue weighted by molar-refractivity contribution is -0.148. The minimum Gasteiger partial charge on any atom is -0.383 e. The van der Waals surface area contributed by atoms with Crippen LogP contribution in [0.25, 0.3) is 10.2 Å². The minimum absolute atomic E-state index is 0.353. The first-order valence-corrected chi connectivity index (χ1v) is 10.7. The molecule has 1 aliphatic rings. The Hall–Kier alpha value is -2.03. The van der Waals surface area contributed by atoms with E-state index < -0.39 is 18.1 Å².